The van der Waals surface area contributed by atoms with Crippen molar-refractivity contribution in [3.05, 3.63) is 65.5 Å². The lowest BCUT2D eigenvalue weighted by molar-refractivity contribution is -0.0917. The van der Waals surface area contributed by atoms with Crippen molar-refractivity contribution in [3.63, 3.8) is 0 Å². The number of hydrogen-bond donors (Lipinski definition) is 1. The van der Waals surface area contributed by atoms with Crippen molar-refractivity contribution < 1.29 is 22.7 Å². The summed E-state index contributed by atoms with van der Waals surface area (Å²) in [7, 11) is 0. The van der Waals surface area contributed by atoms with Crippen LogP contribution in [0, 0.1) is 0 Å². The Hall–Kier alpha value is -3.83. The largest absolute Gasteiger partial charge is 0.491 e. The van der Waals surface area contributed by atoms with Gasteiger partial charge in [0.05, 0.1) is 30.2 Å². The van der Waals surface area contributed by atoms with E-state index in [-0.39, 0.29) is 29.9 Å². The first kappa shape index (κ1) is 22.9. The molecule has 3 aliphatic rings. The molecule has 0 radical (unpaired) electrons. The third-order valence-corrected chi connectivity index (χ3v) is 6.36. The number of aromatic nitrogens is 3. The molecule has 12 heteroatoms. The van der Waals surface area contributed by atoms with Crippen molar-refractivity contribution >= 4 is 12.1 Å². The van der Waals surface area contributed by atoms with Gasteiger partial charge in [0.2, 0.25) is 0 Å². The highest BCUT2D eigenvalue weighted by Gasteiger charge is 2.42. The molecule has 1 fully saturated rings. The van der Waals surface area contributed by atoms with Crippen LogP contribution in [0.25, 0.3) is 0 Å². The number of allylic oxidation sites excluding steroid dienone is 2. The van der Waals surface area contributed by atoms with Gasteiger partial charge >= 0.3 is 6.18 Å². The van der Waals surface area contributed by atoms with Crippen molar-refractivity contribution in [2.75, 3.05) is 19.7 Å². The van der Waals surface area contributed by atoms with Crippen molar-refractivity contribution in [1.29, 1.82) is 0 Å². The Morgan fingerprint density at radius 1 is 1.26 bits per heavy atom. The number of hydrazone groups is 1. The van der Waals surface area contributed by atoms with Crippen molar-refractivity contribution in [2.24, 2.45) is 5.10 Å². The normalized spacial score (nSPS) is 20.2. The van der Waals surface area contributed by atoms with E-state index in [4.69, 9.17) is 4.74 Å². The fourth-order valence-electron chi connectivity index (χ4n) is 4.64. The predicted octanol–water partition coefficient (Wildman–Crippen LogP) is 2.70. The van der Waals surface area contributed by atoms with E-state index < -0.39 is 11.7 Å². The van der Waals surface area contributed by atoms with Gasteiger partial charge in [0.15, 0.2) is 5.82 Å². The zero-order valence-electron chi connectivity index (χ0n) is 18.8. The average molecular weight is 487 g/mol. The Morgan fingerprint density at radius 2 is 2.11 bits per heavy atom. The second kappa shape index (κ2) is 9.08. The number of halogens is 3. The molecule has 1 aromatic heterocycles. The Labute approximate surface area is 199 Å². The fourth-order valence-corrected chi connectivity index (χ4v) is 4.64. The molecule has 0 spiro atoms. The molecule has 0 bridgehead atoms. The summed E-state index contributed by atoms with van der Waals surface area (Å²) >= 11 is 0. The van der Waals surface area contributed by atoms with E-state index in [9.17, 15) is 18.0 Å². The van der Waals surface area contributed by atoms with Crippen LogP contribution in [0.4, 0.5) is 13.2 Å². The van der Waals surface area contributed by atoms with Gasteiger partial charge in [0.1, 0.15) is 24.3 Å². The summed E-state index contributed by atoms with van der Waals surface area (Å²) in [6.45, 7) is 5.65. The summed E-state index contributed by atoms with van der Waals surface area (Å²) < 4.78 is 48.9. The molecule has 1 N–H and O–H groups in total. The van der Waals surface area contributed by atoms with Gasteiger partial charge in [-0.2, -0.15) is 18.3 Å². The smallest absolute Gasteiger partial charge is 0.420 e. The molecule has 9 nitrogen and oxygen atoms in total. The number of carbonyl (C=O) groups is 1. The Kier molecular flexibility index (Phi) is 5.95. The lowest BCUT2D eigenvalue weighted by Crippen LogP contribution is -2.39. The Bertz CT molecular complexity index is 1200. The number of amides is 1. The number of nitrogens with one attached hydrogen (secondary N) is 1. The molecule has 35 heavy (non-hydrogen) atoms. The molecule has 3 aliphatic heterocycles. The third-order valence-electron chi connectivity index (χ3n) is 6.36. The molecule has 0 aliphatic carbocycles. The quantitative estimate of drug-likeness (QED) is 0.698. The maximum atomic E-state index is 13.7. The van der Waals surface area contributed by atoms with Crippen LogP contribution < -0.4 is 10.2 Å². The van der Waals surface area contributed by atoms with Gasteiger partial charge in [-0.3, -0.25) is 10.2 Å². The van der Waals surface area contributed by atoms with Gasteiger partial charge in [-0.25, -0.2) is 0 Å². The second-order valence-electron chi connectivity index (χ2n) is 8.60. The van der Waals surface area contributed by atoms with E-state index in [1.54, 1.807) is 40.4 Å². The van der Waals surface area contributed by atoms with Gasteiger partial charge in [-0.05, 0) is 31.0 Å². The van der Waals surface area contributed by atoms with Crippen LogP contribution in [0.15, 0.2) is 59.2 Å². The third kappa shape index (κ3) is 4.60. The van der Waals surface area contributed by atoms with Crippen LogP contribution in [0.2, 0.25) is 0 Å². The number of likely N-dealkylation sites (tertiary alicyclic amines) is 1. The van der Waals surface area contributed by atoms with Gasteiger partial charge < -0.3 is 19.1 Å². The number of carbonyl (C=O) groups excluding carboxylic acids is 1. The highest BCUT2D eigenvalue weighted by atomic mass is 19.4. The number of ether oxygens (including phenoxy) is 1. The molecule has 1 saturated heterocycles. The average Bonchev–Trinajstić information content (AvgIpc) is 3.50. The van der Waals surface area contributed by atoms with Crippen molar-refractivity contribution in [1.82, 2.24) is 30.0 Å². The molecule has 2 aromatic rings. The first-order valence-corrected chi connectivity index (χ1v) is 11.3. The zero-order valence-corrected chi connectivity index (χ0v) is 18.8. The van der Waals surface area contributed by atoms with Crippen LogP contribution in [-0.4, -0.2) is 68.6 Å². The molecule has 0 unspecified atom stereocenters. The summed E-state index contributed by atoms with van der Waals surface area (Å²) in [6.07, 6.45) is -0.314. The summed E-state index contributed by atoms with van der Waals surface area (Å²) in [4.78, 5) is 16.4. The zero-order chi connectivity index (χ0) is 24.6. The SMILES string of the molecule is C=C1NN=CC(N2CCC[C@H]2COc2cccc(C(=O)N3CCn4cnnc4C3)c2)=C1C(F)(F)F. The van der Waals surface area contributed by atoms with Gasteiger partial charge in [-0.15, -0.1) is 10.2 Å². The molecule has 1 atom stereocenters. The topological polar surface area (TPSA) is 87.9 Å². The highest BCUT2D eigenvalue weighted by Crippen LogP contribution is 2.36. The lowest BCUT2D eigenvalue weighted by Gasteiger charge is -2.32. The fraction of sp³-hybridized carbons (Fsp3) is 0.391. The molecule has 5 rings (SSSR count). The number of alkyl halides is 3. The van der Waals surface area contributed by atoms with E-state index in [0.29, 0.717) is 43.9 Å². The van der Waals surface area contributed by atoms with E-state index in [1.807, 2.05) is 4.57 Å². The van der Waals surface area contributed by atoms with Gasteiger partial charge in [0.25, 0.3) is 5.91 Å². The molecule has 4 heterocycles. The lowest BCUT2D eigenvalue weighted by atomic mass is 10.1. The maximum absolute atomic E-state index is 13.7. The summed E-state index contributed by atoms with van der Waals surface area (Å²) in [5.74, 6) is 1.07. The van der Waals surface area contributed by atoms with Crippen molar-refractivity contribution in [3.8, 4) is 5.75 Å². The first-order valence-electron chi connectivity index (χ1n) is 11.3. The predicted molar refractivity (Wildman–Crippen MR) is 120 cm³/mol. The van der Waals surface area contributed by atoms with Crippen LogP contribution in [0.3, 0.4) is 0 Å². The van der Waals surface area contributed by atoms with Crippen LogP contribution >= 0.6 is 0 Å². The number of rotatable bonds is 5. The van der Waals surface area contributed by atoms with E-state index in [1.165, 1.54) is 6.21 Å². The summed E-state index contributed by atoms with van der Waals surface area (Å²) in [5, 5.41) is 11.7. The first-order chi connectivity index (χ1) is 16.8. The number of fused-ring (bicyclic) bond motifs is 1. The standard InChI is InChI=1S/C23H24F3N7O2/c1-15-21(23(24,25)26)19(11-27-29-15)33-7-3-5-17(33)13-35-18-6-2-4-16(10-18)22(34)31-8-9-32-14-28-30-20(32)12-31/h2,4,6,10-11,14,17,29H,1,3,5,7-9,12-13H2/t17-/m0/s1. The minimum absolute atomic E-state index is 0.00535. The van der Waals surface area contributed by atoms with Gasteiger partial charge in [0, 0.05) is 25.2 Å². The van der Waals surface area contributed by atoms with E-state index in [0.717, 1.165) is 12.2 Å². The van der Waals surface area contributed by atoms with Gasteiger partial charge in [-0.1, -0.05) is 12.6 Å². The molecule has 0 saturated carbocycles. The maximum Gasteiger partial charge on any atom is 0.420 e. The highest BCUT2D eigenvalue weighted by molar-refractivity contribution is 5.94. The van der Waals surface area contributed by atoms with Crippen LogP contribution in [0.1, 0.15) is 29.0 Å². The second-order valence-corrected chi connectivity index (χ2v) is 8.60. The van der Waals surface area contributed by atoms with Crippen molar-refractivity contribution in [2.45, 2.75) is 38.1 Å². The molecular formula is C23H24F3N7O2. The monoisotopic (exact) mass is 487 g/mol. The number of hydrogen-bond acceptors (Lipinski definition) is 7. The van der Waals surface area contributed by atoms with Crippen LogP contribution in [0.5, 0.6) is 5.75 Å². The molecular weight excluding hydrogens is 463 g/mol. The Morgan fingerprint density at radius 3 is 2.94 bits per heavy atom. The summed E-state index contributed by atoms with van der Waals surface area (Å²) in [5.41, 5.74) is 1.69. The summed E-state index contributed by atoms with van der Waals surface area (Å²) in [6, 6.07) is 6.57. The minimum atomic E-state index is -4.56. The van der Waals surface area contributed by atoms with Crippen LogP contribution in [-0.2, 0) is 13.1 Å². The van der Waals surface area contributed by atoms with E-state index >= 15 is 0 Å². The molecule has 184 valence electrons. The molecule has 1 aromatic carbocycles. The number of nitrogens with zero attached hydrogens (tertiary/aromatic N) is 6. The van der Waals surface area contributed by atoms with E-state index in [2.05, 4.69) is 27.3 Å². The number of benzene rings is 1. The minimum Gasteiger partial charge on any atom is -0.491 e. The molecule has 1 amide bonds. The Balaban J connectivity index is 1.28.